The van der Waals surface area contributed by atoms with E-state index in [0.29, 0.717) is 17.3 Å². The summed E-state index contributed by atoms with van der Waals surface area (Å²) < 4.78 is 35.0. The maximum absolute atomic E-state index is 14.7. The lowest BCUT2D eigenvalue weighted by molar-refractivity contribution is -0.144. The molecule has 9 heteroatoms. The topological polar surface area (TPSA) is 84.7 Å². The molecule has 0 radical (unpaired) electrons. The van der Waals surface area contributed by atoms with Gasteiger partial charge in [-0.25, -0.2) is 4.79 Å². The van der Waals surface area contributed by atoms with Crippen molar-refractivity contribution in [3.63, 3.8) is 0 Å². The quantitative estimate of drug-likeness (QED) is 0.719. The molecule has 1 aliphatic heterocycles. The number of amides is 2. The zero-order valence-corrected chi connectivity index (χ0v) is 17.8. The lowest BCUT2D eigenvalue weighted by Crippen LogP contribution is -2.55. The highest BCUT2D eigenvalue weighted by atomic mass is 79.9. The normalized spacial score (nSPS) is 17.2. The summed E-state index contributed by atoms with van der Waals surface area (Å²) in [4.78, 5) is 25.7. The zero-order chi connectivity index (χ0) is 21.1. The number of ether oxygens (including phenoxy) is 1. The van der Waals surface area contributed by atoms with Crippen LogP contribution in [-0.2, 0) is 15.5 Å². The maximum Gasteiger partial charge on any atom is 0.407 e. The molecule has 0 aromatic heterocycles. The molecule has 3 N–H and O–H groups in total. The largest absolute Gasteiger partial charge is 0.444 e. The first-order valence-corrected chi connectivity index (χ1v) is 9.87. The SMILES string of the molecule is CC(C)(C)OC(=O)NC1CCN(C(=O)C(N)C(F)(F)c2cccc(Br)c2)CC1. The van der Waals surface area contributed by atoms with Gasteiger partial charge in [-0.05, 0) is 45.7 Å². The number of halogens is 3. The van der Waals surface area contributed by atoms with Crippen LogP contribution in [-0.4, -0.2) is 47.7 Å². The summed E-state index contributed by atoms with van der Waals surface area (Å²) in [5.41, 5.74) is 4.73. The molecule has 2 amide bonds. The fraction of sp³-hybridized carbons (Fsp3) is 0.579. The molecule has 1 fully saturated rings. The van der Waals surface area contributed by atoms with E-state index in [-0.39, 0.29) is 24.7 Å². The van der Waals surface area contributed by atoms with Gasteiger partial charge in [0.2, 0.25) is 5.91 Å². The first-order valence-electron chi connectivity index (χ1n) is 9.08. The van der Waals surface area contributed by atoms with Gasteiger partial charge in [0.25, 0.3) is 5.92 Å². The smallest absolute Gasteiger partial charge is 0.407 e. The molecule has 6 nitrogen and oxygen atoms in total. The molecule has 1 aromatic rings. The monoisotopic (exact) mass is 461 g/mol. The van der Waals surface area contributed by atoms with Crippen LogP contribution in [0.3, 0.4) is 0 Å². The molecule has 28 heavy (non-hydrogen) atoms. The van der Waals surface area contributed by atoms with Gasteiger partial charge in [-0.2, -0.15) is 8.78 Å². The predicted octanol–water partition coefficient (Wildman–Crippen LogP) is 3.38. The average molecular weight is 462 g/mol. The lowest BCUT2D eigenvalue weighted by Gasteiger charge is -2.35. The Morgan fingerprint density at radius 2 is 1.89 bits per heavy atom. The van der Waals surface area contributed by atoms with Gasteiger partial charge in [-0.1, -0.05) is 28.1 Å². The van der Waals surface area contributed by atoms with Crippen LogP contribution < -0.4 is 11.1 Å². The molecule has 1 aromatic carbocycles. The third-order valence-corrected chi connectivity index (χ3v) is 4.89. The molecule has 1 atom stereocenters. The summed E-state index contributed by atoms with van der Waals surface area (Å²) in [5, 5.41) is 2.74. The van der Waals surface area contributed by atoms with Gasteiger partial charge in [-0.3, -0.25) is 4.79 Å². The van der Waals surface area contributed by atoms with Crippen LogP contribution in [0.1, 0.15) is 39.2 Å². The highest BCUT2D eigenvalue weighted by Gasteiger charge is 2.45. The zero-order valence-electron chi connectivity index (χ0n) is 16.2. The highest BCUT2D eigenvalue weighted by Crippen LogP contribution is 2.33. The Morgan fingerprint density at radius 1 is 1.29 bits per heavy atom. The minimum absolute atomic E-state index is 0.180. The van der Waals surface area contributed by atoms with Crippen LogP contribution in [0.4, 0.5) is 13.6 Å². The van der Waals surface area contributed by atoms with E-state index in [1.54, 1.807) is 26.8 Å². The molecule has 0 aliphatic carbocycles. The summed E-state index contributed by atoms with van der Waals surface area (Å²) in [6.07, 6.45) is 0.357. The third-order valence-electron chi connectivity index (χ3n) is 4.39. The van der Waals surface area contributed by atoms with Gasteiger partial charge < -0.3 is 20.7 Å². The molecule has 1 unspecified atom stereocenters. The van der Waals surface area contributed by atoms with Crippen molar-refractivity contribution in [2.24, 2.45) is 5.73 Å². The predicted molar refractivity (Wildman–Crippen MR) is 105 cm³/mol. The third kappa shape index (κ3) is 5.88. The molecular formula is C19H26BrF2N3O3. The van der Waals surface area contributed by atoms with Crippen molar-refractivity contribution in [2.45, 2.75) is 57.2 Å². The number of likely N-dealkylation sites (tertiary alicyclic amines) is 1. The number of hydrogen-bond donors (Lipinski definition) is 2. The van der Waals surface area contributed by atoms with E-state index < -0.39 is 29.6 Å². The Hall–Kier alpha value is -1.74. The second-order valence-electron chi connectivity index (χ2n) is 7.86. The number of rotatable bonds is 4. The molecule has 0 bridgehead atoms. The van der Waals surface area contributed by atoms with Crippen LogP contribution in [0.15, 0.2) is 28.7 Å². The Morgan fingerprint density at radius 3 is 2.43 bits per heavy atom. The Labute approximate surface area is 171 Å². The Bertz CT molecular complexity index is 717. The number of alkyl halides is 2. The van der Waals surface area contributed by atoms with E-state index in [2.05, 4.69) is 21.2 Å². The Kier molecular flexibility index (Phi) is 7.03. The van der Waals surface area contributed by atoms with Crippen LogP contribution in [0.25, 0.3) is 0 Å². The molecule has 0 spiro atoms. The van der Waals surface area contributed by atoms with E-state index in [1.807, 2.05) is 0 Å². The van der Waals surface area contributed by atoms with Gasteiger partial charge >= 0.3 is 6.09 Å². The van der Waals surface area contributed by atoms with Crippen molar-refractivity contribution in [1.29, 1.82) is 0 Å². The number of piperidine rings is 1. The maximum atomic E-state index is 14.7. The second kappa shape index (κ2) is 8.73. The number of alkyl carbamates (subject to hydrolysis) is 1. The van der Waals surface area contributed by atoms with Crippen LogP contribution in [0.5, 0.6) is 0 Å². The minimum atomic E-state index is -3.49. The van der Waals surface area contributed by atoms with Crippen molar-refractivity contribution in [3.05, 3.63) is 34.3 Å². The number of carbonyl (C=O) groups excluding carboxylic acids is 2. The van der Waals surface area contributed by atoms with Crippen LogP contribution in [0.2, 0.25) is 0 Å². The summed E-state index contributed by atoms with van der Waals surface area (Å²) >= 11 is 3.15. The molecule has 1 aliphatic rings. The average Bonchev–Trinajstić information content (AvgIpc) is 2.59. The molecule has 156 valence electrons. The molecular weight excluding hydrogens is 436 g/mol. The van der Waals surface area contributed by atoms with Gasteiger partial charge in [-0.15, -0.1) is 0 Å². The number of nitrogens with zero attached hydrogens (tertiary/aromatic N) is 1. The second-order valence-corrected chi connectivity index (χ2v) is 8.77. The van der Waals surface area contributed by atoms with Gasteiger partial charge in [0.05, 0.1) is 0 Å². The van der Waals surface area contributed by atoms with Crippen LogP contribution in [0, 0.1) is 0 Å². The van der Waals surface area contributed by atoms with E-state index in [4.69, 9.17) is 10.5 Å². The fourth-order valence-corrected chi connectivity index (χ4v) is 3.34. The molecule has 1 saturated heterocycles. The van der Waals surface area contributed by atoms with Crippen molar-refractivity contribution in [3.8, 4) is 0 Å². The number of hydrogen-bond acceptors (Lipinski definition) is 4. The van der Waals surface area contributed by atoms with E-state index >= 15 is 0 Å². The lowest BCUT2D eigenvalue weighted by atomic mass is 9.98. The van der Waals surface area contributed by atoms with E-state index in [0.717, 1.165) is 0 Å². The number of nitrogens with two attached hydrogens (primary N) is 1. The Balaban J connectivity index is 1.93. The van der Waals surface area contributed by atoms with Gasteiger partial charge in [0, 0.05) is 29.2 Å². The van der Waals surface area contributed by atoms with Crippen LogP contribution >= 0.6 is 15.9 Å². The molecule has 2 rings (SSSR count). The van der Waals surface area contributed by atoms with E-state index in [1.165, 1.54) is 23.1 Å². The van der Waals surface area contributed by atoms with Crippen molar-refractivity contribution < 1.29 is 23.1 Å². The van der Waals surface area contributed by atoms with Crippen molar-refractivity contribution >= 4 is 27.9 Å². The number of carbonyl (C=O) groups is 2. The minimum Gasteiger partial charge on any atom is -0.444 e. The van der Waals surface area contributed by atoms with Gasteiger partial charge in [0.1, 0.15) is 5.60 Å². The first kappa shape index (κ1) is 22.5. The first-order chi connectivity index (χ1) is 12.9. The fourth-order valence-electron chi connectivity index (χ4n) is 2.95. The van der Waals surface area contributed by atoms with Crippen molar-refractivity contribution in [1.82, 2.24) is 10.2 Å². The summed E-state index contributed by atoms with van der Waals surface area (Å²) in [5.74, 6) is -4.30. The van der Waals surface area contributed by atoms with E-state index in [9.17, 15) is 18.4 Å². The number of benzene rings is 1. The van der Waals surface area contributed by atoms with Crippen molar-refractivity contribution in [2.75, 3.05) is 13.1 Å². The van der Waals surface area contributed by atoms with Gasteiger partial charge in [0.15, 0.2) is 6.04 Å². The summed E-state index contributed by atoms with van der Waals surface area (Å²) in [6, 6.07) is 3.44. The standard InChI is InChI=1S/C19H26BrF2N3O3/c1-18(2,3)28-17(27)24-14-7-9-25(10-8-14)16(26)15(23)19(21,22)12-5-4-6-13(20)11-12/h4-6,11,14-15H,7-10,23H2,1-3H3,(H,24,27). The molecule has 1 heterocycles. The molecule has 0 saturated carbocycles. The highest BCUT2D eigenvalue weighted by molar-refractivity contribution is 9.10. The summed E-state index contributed by atoms with van der Waals surface area (Å²) in [7, 11) is 0. The number of nitrogens with one attached hydrogen (secondary N) is 1. The summed E-state index contributed by atoms with van der Waals surface area (Å²) in [6.45, 7) is 5.77.